The normalized spacial score (nSPS) is 11.7. The molecule has 3 N–H and O–H groups in total. The zero-order chi connectivity index (χ0) is 32.7. The Kier molecular flexibility index (Phi) is 9.33. The second-order valence-electron chi connectivity index (χ2n) is 10.1. The maximum atomic E-state index is 13.8. The number of fused-ring (bicyclic) bond motifs is 1. The fraction of sp³-hybridized carbons (Fsp3) is 0.118. The standard InChI is InChI=1S/C34H26F3N5O4/c35-34(36,37)24-9-13-28(14-10-24)46-29-15-11-26(12-16-29)40-31(44)20-42(27(21-43)19-39-25-7-2-1-3-8-25)33(45)30-17-22-5-4-6-23(18-38)32(22)41-30/h1-17,21,27,39,41H,19-20H2,(H,40,44). The minimum absolute atomic E-state index is 0.0200. The molecule has 2 amide bonds. The molecule has 0 fully saturated rings. The van der Waals surface area contributed by atoms with Gasteiger partial charge in [0.2, 0.25) is 5.91 Å². The summed E-state index contributed by atoms with van der Waals surface area (Å²) in [4.78, 5) is 43.3. The number of amides is 2. The number of aromatic amines is 1. The van der Waals surface area contributed by atoms with Crippen molar-refractivity contribution in [2.24, 2.45) is 0 Å². The molecule has 232 valence electrons. The molecule has 46 heavy (non-hydrogen) atoms. The Morgan fingerprint density at radius 3 is 2.22 bits per heavy atom. The van der Waals surface area contributed by atoms with E-state index in [-0.39, 0.29) is 18.0 Å². The van der Waals surface area contributed by atoms with Crippen LogP contribution in [0.5, 0.6) is 11.5 Å². The molecule has 0 bridgehead atoms. The predicted molar refractivity (Wildman–Crippen MR) is 165 cm³/mol. The van der Waals surface area contributed by atoms with Crippen LogP contribution in [0.25, 0.3) is 10.9 Å². The molecule has 0 saturated carbocycles. The summed E-state index contributed by atoms with van der Waals surface area (Å²) >= 11 is 0. The fourth-order valence-electron chi connectivity index (χ4n) is 4.68. The Labute approximate surface area is 261 Å². The van der Waals surface area contributed by atoms with Crippen LogP contribution < -0.4 is 15.4 Å². The number of para-hydroxylation sites is 2. The average molecular weight is 626 g/mol. The van der Waals surface area contributed by atoms with Crippen molar-refractivity contribution in [3.05, 3.63) is 120 Å². The molecule has 9 nitrogen and oxygen atoms in total. The zero-order valence-electron chi connectivity index (χ0n) is 24.0. The van der Waals surface area contributed by atoms with Gasteiger partial charge in [-0.1, -0.05) is 30.3 Å². The maximum absolute atomic E-state index is 13.8. The Morgan fingerprint density at radius 2 is 1.59 bits per heavy atom. The number of nitrogens with zero attached hydrogens (tertiary/aromatic N) is 2. The number of carbonyl (C=O) groups is 3. The molecule has 0 spiro atoms. The molecule has 1 atom stereocenters. The van der Waals surface area contributed by atoms with E-state index in [1.54, 1.807) is 36.4 Å². The van der Waals surface area contributed by atoms with Crippen LogP contribution in [0, 0.1) is 11.3 Å². The smallest absolute Gasteiger partial charge is 0.416 e. The van der Waals surface area contributed by atoms with Crippen LogP contribution in [0.3, 0.4) is 0 Å². The van der Waals surface area contributed by atoms with Gasteiger partial charge >= 0.3 is 6.18 Å². The van der Waals surface area contributed by atoms with Gasteiger partial charge in [-0.2, -0.15) is 18.4 Å². The number of hydrogen-bond acceptors (Lipinski definition) is 6. The quantitative estimate of drug-likeness (QED) is 0.142. The molecular formula is C34H26F3N5O4. The van der Waals surface area contributed by atoms with E-state index in [0.717, 1.165) is 17.0 Å². The van der Waals surface area contributed by atoms with Gasteiger partial charge in [-0.3, -0.25) is 9.59 Å². The van der Waals surface area contributed by atoms with Gasteiger partial charge in [0, 0.05) is 23.3 Å². The first kappa shape index (κ1) is 31.3. The minimum Gasteiger partial charge on any atom is -0.457 e. The van der Waals surface area contributed by atoms with E-state index < -0.39 is 36.1 Å². The number of aromatic nitrogens is 1. The number of carbonyl (C=O) groups excluding carboxylic acids is 3. The van der Waals surface area contributed by atoms with Crippen molar-refractivity contribution in [3.8, 4) is 17.6 Å². The number of H-pyrrole nitrogens is 1. The Morgan fingerprint density at radius 1 is 0.913 bits per heavy atom. The van der Waals surface area contributed by atoms with Crippen molar-refractivity contribution in [2.75, 3.05) is 23.7 Å². The number of nitrogens with one attached hydrogen (secondary N) is 3. The maximum Gasteiger partial charge on any atom is 0.416 e. The van der Waals surface area contributed by atoms with Gasteiger partial charge in [-0.05, 0) is 72.8 Å². The van der Waals surface area contributed by atoms with Crippen molar-refractivity contribution in [1.82, 2.24) is 9.88 Å². The highest BCUT2D eigenvalue weighted by Gasteiger charge is 2.30. The van der Waals surface area contributed by atoms with E-state index in [0.29, 0.717) is 39.9 Å². The highest BCUT2D eigenvalue weighted by atomic mass is 19.4. The average Bonchev–Trinajstić information content (AvgIpc) is 3.50. The summed E-state index contributed by atoms with van der Waals surface area (Å²) in [6.07, 6.45) is -3.88. The van der Waals surface area contributed by atoms with Gasteiger partial charge in [0.05, 0.1) is 16.6 Å². The van der Waals surface area contributed by atoms with Crippen molar-refractivity contribution in [3.63, 3.8) is 0 Å². The van der Waals surface area contributed by atoms with Crippen LogP contribution in [0.2, 0.25) is 0 Å². The molecule has 0 radical (unpaired) electrons. The second kappa shape index (κ2) is 13.7. The third-order valence-corrected chi connectivity index (χ3v) is 6.98. The van der Waals surface area contributed by atoms with Crippen molar-refractivity contribution in [2.45, 2.75) is 12.2 Å². The molecule has 1 unspecified atom stereocenters. The van der Waals surface area contributed by atoms with Gasteiger partial charge in [-0.15, -0.1) is 0 Å². The summed E-state index contributed by atoms with van der Waals surface area (Å²) in [5, 5.41) is 15.9. The van der Waals surface area contributed by atoms with Crippen LogP contribution in [0.15, 0.2) is 103 Å². The lowest BCUT2D eigenvalue weighted by molar-refractivity contribution is -0.137. The van der Waals surface area contributed by atoms with E-state index in [2.05, 4.69) is 21.7 Å². The number of nitriles is 1. The molecule has 12 heteroatoms. The lowest BCUT2D eigenvalue weighted by Gasteiger charge is -2.28. The highest BCUT2D eigenvalue weighted by molar-refractivity contribution is 6.03. The lowest BCUT2D eigenvalue weighted by atomic mass is 10.1. The number of anilines is 2. The van der Waals surface area contributed by atoms with Crippen molar-refractivity contribution in [1.29, 1.82) is 5.26 Å². The number of hydrogen-bond donors (Lipinski definition) is 3. The number of ether oxygens (including phenoxy) is 1. The van der Waals surface area contributed by atoms with Gasteiger partial charge < -0.3 is 30.0 Å². The molecule has 0 aliphatic heterocycles. The highest BCUT2D eigenvalue weighted by Crippen LogP contribution is 2.31. The summed E-state index contributed by atoms with van der Waals surface area (Å²) in [5.41, 5.74) is 1.17. The topological polar surface area (TPSA) is 127 Å². The summed E-state index contributed by atoms with van der Waals surface area (Å²) in [7, 11) is 0. The fourth-order valence-corrected chi connectivity index (χ4v) is 4.68. The van der Waals surface area contributed by atoms with E-state index >= 15 is 0 Å². The summed E-state index contributed by atoms with van der Waals surface area (Å²) < 4.78 is 44.1. The zero-order valence-corrected chi connectivity index (χ0v) is 24.0. The first-order valence-corrected chi connectivity index (χ1v) is 14.0. The van der Waals surface area contributed by atoms with Crippen LogP contribution in [-0.2, 0) is 15.8 Å². The molecule has 0 aliphatic carbocycles. The molecular weight excluding hydrogens is 599 g/mol. The lowest BCUT2D eigenvalue weighted by Crippen LogP contribution is -2.48. The van der Waals surface area contributed by atoms with Gasteiger partial charge in [0.25, 0.3) is 5.91 Å². The number of benzene rings is 4. The Bertz CT molecular complexity index is 1880. The summed E-state index contributed by atoms with van der Waals surface area (Å²) in [6, 6.07) is 27.0. The number of halogens is 3. The van der Waals surface area contributed by atoms with Gasteiger partial charge in [-0.25, -0.2) is 0 Å². The number of alkyl halides is 3. The molecule has 5 rings (SSSR count). The number of aldehydes is 1. The molecule has 5 aromatic rings. The SMILES string of the molecule is N#Cc1cccc2cc(C(=O)N(CC(=O)Nc3ccc(Oc4ccc(C(F)(F)F)cc4)cc3)C(C=O)CNc3ccccc3)[nH]c12. The predicted octanol–water partition coefficient (Wildman–Crippen LogP) is 6.61. The second-order valence-corrected chi connectivity index (χ2v) is 10.1. The van der Waals surface area contributed by atoms with Crippen molar-refractivity contribution < 1.29 is 32.3 Å². The largest absolute Gasteiger partial charge is 0.457 e. The van der Waals surface area contributed by atoms with E-state index in [9.17, 15) is 32.8 Å². The van der Waals surface area contributed by atoms with Crippen LogP contribution >= 0.6 is 0 Å². The summed E-state index contributed by atoms with van der Waals surface area (Å²) in [6.45, 7) is -0.463. The first-order valence-electron chi connectivity index (χ1n) is 14.0. The summed E-state index contributed by atoms with van der Waals surface area (Å²) in [5.74, 6) is -0.701. The van der Waals surface area contributed by atoms with Gasteiger partial charge in [0.15, 0.2) is 0 Å². The van der Waals surface area contributed by atoms with E-state index in [1.807, 2.05) is 18.2 Å². The van der Waals surface area contributed by atoms with Crippen molar-refractivity contribution >= 4 is 40.4 Å². The molecule has 0 saturated heterocycles. The first-order chi connectivity index (χ1) is 22.1. The van der Waals surface area contributed by atoms with Gasteiger partial charge in [0.1, 0.15) is 42.1 Å². The Balaban J connectivity index is 1.31. The molecule has 1 aromatic heterocycles. The van der Waals surface area contributed by atoms with E-state index in [1.165, 1.54) is 36.4 Å². The van der Waals surface area contributed by atoms with E-state index in [4.69, 9.17) is 4.74 Å². The third kappa shape index (κ3) is 7.51. The molecule has 0 aliphatic rings. The van der Waals surface area contributed by atoms with Crippen LogP contribution in [0.4, 0.5) is 24.5 Å². The minimum atomic E-state index is -4.46. The van der Waals surface area contributed by atoms with Crippen LogP contribution in [0.1, 0.15) is 21.6 Å². The van der Waals surface area contributed by atoms with Crippen LogP contribution in [-0.4, -0.2) is 47.1 Å². The Hall–Kier alpha value is -6.09. The molecule has 4 aromatic carbocycles. The monoisotopic (exact) mass is 625 g/mol. The third-order valence-electron chi connectivity index (χ3n) is 6.98. The molecule has 1 heterocycles. The number of rotatable bonds is 11.